The molecule has 1 fully saturated rings. The average Bonchev–Trinajstić information content (AvgIpc) is 2.15. The van der Waals surface area contributed by atoms with Crippen LogP contribution in [-0.2, 0) is 4.79 Å². The average molecular weight is 215 g/mol. The molecule has 1 amide bonds. The molecule has 82 valence electrons. The molecule has 0 radical (unpaired) electrons. The summed E-state index contributed by atoms with van der Waals surface area (Å²) in [7, 11) is 1.90. The number of carbonyl (C=O) groups excluding carboxylic acids is 1. The summed E-state index contributed by atoms with van der Waals surface area (Å²) in [5, 5.41) is 0. The van der Waals surface area contributed by atoms with E-state index >= 15 is 0 Å². The zero-order valence-corrected chi connectivity index (χ0v) is 10.3. The highest BCUT2D eigenvalue weighted by Crippen LogP contribution is 2.36. The summed E-state index contributed by atoms with van der Waals surface area (Å²) < 4.78 is 0. The van der Waals surface area contributed by atoms with Crippen molar-refractivity contribution in [3.8, 4) is 0 Å². The highest BCUT2D eigenvalue weighted by molar-refractivity contribution is 7.81. The van der Waals surface area contributed by atoms with Gasteiger partial charge >= 0.3 is 0 Å². The molecule has 1 rings (SSSR count). The Morgan fingerprint density at radius 2 is 1.93 bits per heavy atom. The second kappa shape index (κ2) is 4.56. The maximum atomic E-state index is 11.4. The Morgan fingerprint density at radius 1 is 1.43 bits per heavy atom. The van der Waals surface area contributed by atoms with E-state index in [1.807, 2.05) is 11.9 Å². The van der Waals surface area contributed by atoms with Crippen molar-refractivity contribution in [1.82, 2.24) is 4.90 Å². The number of carbonyl (C=O) groups is 1. The first-order chi connectivity index (χ1) is 6.46. The summed E-state index contributed by atoms with van der Waals surface area (Å²) in [6, 6.07) is 0.447. The molecule has 0 spiro atoms. The van der Waals surface area contributed by atoms with E-state index in [-0.39, 0.29) is 5.91 Å². The van der Waals surface area contributed by atoms with Crippen LogP contribution in [0.15, 0.2) is 0 Å². The van der Waals surface area contributed by atoms with Gasteiger partial charge in [0.2, 0.25) is 5.91 Å². The minimum Gasteiger partial charge on any atom is -0.342 e. The van der Waals surface area contributed by atoms with Crippen LogP contribution in [0.3, 0.4) is 0 Å². The quantitative estimate of drug-likeness (QED) is 0.701. The topological polar surface area (TPSA) is 20.3 Å². The molecule has 0 unspecified atom stereocenters. The van der Waals surface area contributed by atoms with Crippen LogP contribution in [-0.4, -0.2) is 29.6 Å². The van der Waals surface area contributed by atoms with E-state index in [0.717, 1.165) is 12.8 Å². The Kier molecular flexibility index (Phi) is 3.87. The van der Waals surface area contributed by atoms with Crippen molar-refractivity contribution in [3.63, 3.8) is 0 Å². The third kappa shape index (κ3) is 2.91. The smallest absolute Gasteiger partial charge is 0.232 e. The van der Waals surface area contributed by atoms with Crippen molar-refractivity contribution in [2.24, 2.45) is 5.41 Å². The predicted octanol–water partition coefficient (Wildman–Crippen LogP) is 2.34. The maximum Gasteiger partial charge on any atom is 0.232 e. The molecule has 0 bridgehead atoms. The van der Waals surface area contributed by atoms with E-state index < -0.39 is 0 Å². The highest BCUT2D eigenvalue weighted by Gasteiger charge is 2.29. The molecule has 3 heteroatoms. The summed E-state index contributed by atoms with van der Waals surface area (Å²) >= 11 is 4.02. The maximum absolute atomic E-state index is 11.4. The second-order valence-corrected chi connectivity index (χ2v) is 5.37. The molecular formula is C11H21NOS. The van der Waals surface area contributed by atoms with Gasteiger partial charge in [-0.2, -0.15) is 12.6 Å². The molecular weight excluding hydrogens is 194 g/mol. The number of thiol groups is 1. The SMILES string of the molecule is CN(C(=O)CS)C1CCC(C)(C)CC1. The van der Waals surface area contributed by atoms with Crippen LogP contribution in [0.2, 0.25) is 0 Å². The zero-order chi connectivity index (χ0) is 10.8. The number of nitrogens with zero attached hydrogens (tertiary/aromatic N) is 1. The van der Waals surface area contributed by atoms with Gasteiger partial charge in [-0.25, -0.2) is 0 Å². The van der Waals surface area contributed by atoms with Gasteiger partial charge in [0.05, 0.1) is 5.75 Å². The highest BCUT2D eigenvalue weighted by atomic mass is 32.1. The monoisotopic (exact) mass is 215 g/mol. The molecule has 0 atom stereocenters. The van der Waals surface area contributed by atoms with Gasteiger partial charge in [-0.05, 0) is 31.1 Å². The fourth-order valence-electron chi connectivity index (χ4n) is 2.09. The van der Waals surface area contributed by atoms with E-state index in [1.165, 1.54) is 12.8 Å². The predicted molar refractivity (Wildman–Crippen MR) is 62.7 cm³/mol. The van der Waals surface area contributed by atoms with Crippen molar-refractivity contribution in [3.05, 3.63) is 0 Å². The summed E-state index contributed by atoms with van der Waals surface area (Å²) in [6.45, 7) is 4.62. The van der Waals surface area contributed by atoms with Gasteiger partial charge in [0.25, 0.3) is 0 Å². The van der Waals surface area contributed by atoms with E-state index in [2.05, 4.69) is 26.5 Å². The summed E-state index contributed by atoms with van der Waals surface area (Å²) in [4.78, 5) is 13.3. The molecule has 0 saturated heterocycles. The van der Waals surface area contributed by atoms with Crippen LogP contribution >= 0.6 is 12.6 Å². The van der Waals surface area contributed by atoms with Gasteiger partial charge in [-0.15, -0.1) is 0 Å². The van der Waals surface area contributed by atoms with E-state index in [9.17, 15) is 4.79 Å². The van der Waals surface area contributed by atoms with Crippen molar-refractivity contribution in [2.45, 2.75) is 45.6 Å². The Balaban J connectivity index is 2.45. The van der Waals surface area contributed by atoms with Crippen LogP contribution in [0.4, 0.5) is 0 Å². The van der Waals surface area contributed by atoms with Gasteiger partial charge < -0.3 is 4.90 Å². The third-order valence-electron chi connectivity index (χ3n) is 3.39. The van der Waals surface area contributed by atoms with Crippen LogP contribution in [0, 0.1) is 5.41 Å². The molecule has 1 aliphatic rings. The van der Waals surface area contributed by atoms with Gasteiger partial charge in [0.15, 0.2) is 0 Å². The van der Waals surface area contributed by atoms with Gasteiger partial charge in [0.1, 0.15) is 0 Å². The molecule has 0 aromatic carbocycles. The Labute approximate surface area is 92.5 Å². The van der Waals surface area contributed by atoms with Gasteiger partial charge in [-0.3, -0.25) is 4.79 Å². The molecule has 0 aromatic rings. The van der Waals surface area contributed by atoms with Crippen LogP contribution in [0.25, 0.3) is 0 Å². The molecule has 0 heterocycles. The Hall–Kier alpha value is -0.180. The number of hydrogen-bond donors (Lipinski definition) is 1. The summed E-state index contributed by atoms with van der Waals surface area (Å²) in [5.74, 6) is 0.481. The van der Waals surface area contributed by atoms with Gasteiger partial charge in [-0.1, -0.05) is 13.8 Å². The first-order valence-corrected chi connectivity index (χ1v) is 5.96. The standard InChI is InChI=1S/C11H21NOS/c1-11(2)6-4-9(5-7-11)12(3)10(13)8-14/h9,14H,4-8H2,1-3H3. The number of hydrogen-bond acceptors (Lipinski definition) is 2. The molecule has 0 aliphatic heterocycles. The second-order valence-electron chi connectivity index (χ2n) is 5.06. The third-order valence-corrected chi connectivity index (χ3v) is 3.66. The minimum absolute atomic E-state index is 0.151. The number of rotatable bonds is 2. The van der Waals surface area contributed by atoms with E-state index in [0.29, 0.717) is 17.2 Å². The fourth-order valence-corrected chi connectivity index (χ4v) is 2.31. The largest absolute Gasteiger partial charge is 0.342 e. The van der Waals surface area contributed by atoms with Crippen LogP contribution in [0.1, 0.15) is 39.5 Å². The lowest BCUT2D eigenvalue weighted by Crippen LogP contribution is -2.41. The van der Waals surface area contributed by atoms with Crippen LogP contribution < -0.4 is 0 Å². The fraction of sp³-hybridized carbons (Fsp3) is 0.909. The lowest BCUT2D eigenvalue weighted by Gasteiger charge is -2.38. The Morgan fingerprint density at radius 3 is 2.36 bits per heavy atom. The van der Waals surface area contributed by atoms with E-state index in [4.69, 9.17) is 0 Å². The summed E-state index contributed by atoms with van der Waals surface area (Å²) in [5.41, 5.74) is 0.474. The van der Waals surface area contributed by atoms with E-state index in [1.54, 1.807) is 0 Å². The molecule has 0 N–H and O–H groups in total. The minimum atomic E-state index is 0.151. The normalized spacial score (nSPS) is 22.0. The van der Waals surface area contributed by atoms with Crippen LogP contribution in [0.5, 0.6) is 0 Å². The van der Waals surface area contributed by atoms with Crippen molar-refractivity contribution >= 4 is 18.5 Å². The van der Waals surface area contributed by atoms with Crippen molar-refractivity contribution in [1.29, 1.82) is 0 Å². The summed E-state index contributed by atoms with van der Waals surface area (Å²) in [6.07, 6.45) is 4.73. The number of amides is 1. The van der Waals surface area contributed by atoms with Crippen molar-refractivity contribution in [2.75, 3.05) is 12.8 Å². The van der Waals surface area contributed by atoms with Crippen molar-refractivity contribution < 1.29 is 4.79 Å². The molecule has 2 nitrogen and oxygen atoms in total. The molecule has 0 aromatic heterocycles. The molecule has 14 heavy (non-hydrogen) atoms. The molecule has 1 saturated carbocycles. The Bertz CT molecular complexity index is 205. The lowest BCUT2D eigenvalue weighted by molar-refractivity contribution is -0.130. The molecule has 1 aliphatic carbocycles. The first kappa shape index (κ1) is 11.9. The zero-order valence-electron chi connectivity index (χ0n) is 9.42. The van der Waals surface area contributed by atoms with Gasteiger partial charge in [0, 0.05) is 13.1 Å². The first-order valence-electron chi connectivity index (χ1n) is 5.33. The lowest BCUT2D eigenvalue weighted by atomic mass is 9.75.